The number of nitrogens with zero attached hydrogens (tertiary/aromatic N) is 4. The summed E-state index contributed by atoms with van der Waals surface area (Å²) < 4.78 is 0.901. The quantitative estimate of drug-likeness (QED) is 0.480. The standard InChI is InChI=1S/C11H11BrN4O/c12-9-3-1-2-4-10(9)16-7-8(5-11(16)17)6-14-15-13/h1-4,8H,5-7H2. The Morgan fingerprint density at radius 1 is 1.53 bits per heavy atom. The van der Waals surface area contributed by atoms with Crippen molar-refractivity contribution in [3.05, 3.63) is 39.2 Å². The van der Waals surface area contributed by atoms with Crippen molar-refractivity contribution < 1.29 is 4.79 Å². The molecule has 1 aromatic rings. The molecular weight excluding hydrogens is 284 g/mol. The number of amides is 1. The van der Waals surface area contributed by atoms with Crippen LogP contribution in [0.1, 0.15) is 6.42 Å². The molecular formula is C11H11BrN4O. The highest BCUT2D eigenvalue weighted by molar-refractivity contribution is 9.10. The first-order valence-corrected chi connectivity index (χ1v) is 6.07. The van der Waals surface area contributed by atoms with E-state index in [1.807, 2.05) is 24.3 Å². The second-order valence-corrected chi connectivity index (χ2v) is 4.79. The Morgan fingerprint density at radius 3 is 3.00 bits per heavy atom. The summed E-state index contributed by atoms with van der Waals surface area (Å²) in [5.41, 5.74) is 9.15. The maximum Gasteiger partial charge on any atom is 0.227 e. The van der Waals surface area contributed by atoms with E-state index >= 15 is 0 Å². The average molecular weight is 295 g/mol. The summed E-state index contributed by atoms with van der Waals surface area (Å²) in [6.07, 6.45) is 0.445. The van der Waals surface area contributed by atoms with Crippen LogP contribution in [0.4, 0.5) is 5.69 Å². The highest BCUT2D eigenvalue weighted by Crippen LogP contribution is 2.31. The van der Waals surface area contributed by atoms with Crippen molar-refractivity contribution in [2.45, 2.75) is 6.42 Å². The molecule has 0 spiro atoms. The molecule has 0 radical (unpaired) electrons. The Hall–Kier alpha value is -1.52. The van der Waals surface area contributed by atoms with Crippen LogP contribution in [0.5, 0.6) is 0 Å². The van der Waals surface area contributed by atoms with Gasteiger partial charge in [-0.05, 0) is 39.5 Å². The summed E-state index contributed by atoms with van der Waals surface area (Å²) in [4.78, 5) is 16.3. The van der Waals surface area contributed by atoms with Crippen molar-refractivity contribution in [1.82, 2.24) is 0 Å². The lowest BCUT2D eigenvalue weighted by Gasteiger charge is -2.17. The minimum atomic E-state index is 0.0787. The highest BCUT2D eigenvalue weighted by Gasteiger charge is 2.30. The van der Waals surface area contributed by atoms with E-state index in [9.17, 15) is 4.79 Å². The Morgan fingerprint density at radius 2 is 2.29 bits per heavy atom. The summed E-state index contributed by atoms with van der Waals surface area (Å²) in [6.45, 7) is 0.990. The molecule has 5 nitrogen and oxygen atoms in total. The Bertz CT molecular complexity index is 484. The monoisotopic (exact) mass is 294 g/mol. The number of halogens is 1. The van der Waals surface area contributed by atoms with E-state index in [0.29, 0.717) is 19.5 Å². The van der Waals surface area contributed by atoms with E-state index in [2.05, 4.69) is 26.0 Å². The largest absolute Gasteiger partial charge is 0.311 e. The molecule has 1 aliphatic heterocycles. The smallest absolute Gasteiger partial charge is 0.227 e. The Labute approximate surface area is 107 Å². The topological polar surface area (TPSA) is 69.1 Å². The molecule has 0 aromatic heterocycles. The van der Waals surface area contributed by atoms with E-state index in [1.54, 1.807) is 4.90 Å². The zero-order valence-electron chi connectivity index (χ0n) is 9.08. The molecule has 0 N–H and O–H groups in total. The number of benzene rings is 1. The van der Waals surface area contributed by atoms with Gasteiger partial charge in [-0.1, -0.05) is 17.2 Å². The van der Waals surface area contributed by atoms with Crippen molar-refractivity contribution in [3.63, 3.8) is 0 Å². The predicted molar refractivity (Wildman–Crippen MR) is 68.6 cm³/mol. The number of rotatable bonds is 3. The van der Waals surface area contributed by atoms with E-state index in [4.69, 9.17) is 5.53 Å². The number of anilines is 1. The van der Waals surface area contributed by atoms with Crippen LogP contribution in [0.2, 0.25) is 0 Å². The third-order valence-corrected chi connectivity index (χ3v) is 3.42. The van der Waals surface area contributed by atoms with E-state index in [1.165, 1.54) is 0 Å². The van der Waals surface area contributed by atoms with Gasteiger partial charge >= 0.3 is 0 Å². The SMILES string of the molecule is [N-]=[N+]=NCC1CC(=O)N(c2ccccc2Br)C1. The molecule has 1 aromatic carbocycles. The summed E-state index contributed by atoms with van der Waals surface area (Å²) in [7, 11) is 0. The fourth-order valence-electron chi connectivity index (χ4n) is 1.96. The van der Waals surface area contributed by atoms with E-state index in [0.717, 1.165) is 10.2 Å². The van der Waals surface area contributed by atoms with Crippen molar-refractivity contribution in [3.8, 4) is 0 Å². The van der Waals surface area contributed by atoms with Crippen LogP contribution in [-0.2, 0) is 4.79 Å². The Kier molecular flexibility index (Phi) is 3.66. The molecule has 1 heterocycles. The van der Waals surface area contributed by atoms with Gasteiger partial charge in [0.15, 0.2) is 0 Å². The lowest BCUT2D eigenvalue weighted by Crippen LogP contribution is -2.25. The second-order valence-electron chi connectivity index (χ2n) is 3.94. The summed E-state index contributed by atoms with van der Waals surface area (Å²) in [5.74, 6) is 0.195. The molecule has 88 valence electrons. The van der Waals surface area contributed by atoms with E-state index < -0.39 is 0 Å². The van der Waals surface area contributed by atoms with Crippen LogP contribution in [0.25, 0.3) is 10.4 Å². The fraction of sp³-hybridized carbons (Fsp3) is 0.364. The normalized spacial score (nSPS) is 19.2. The van der Waals surface area contributed by atoms with E-state index in [-0.39, 0.29) is 11.8 Å². The molecule has 17 heavy (non-hydrogen) atoms. The summed E-state index contributed by atoms with van der Waals surface area (Å²) >= 11 is 3.43. The van der Waals surface area contributed by atoms with Gasteiger partial charge in [0, 0.05) is 28.9 Å². The average Bonchev–Trinajstić information content (AvgIpc) is 2.68. The van der Waals surface area contributed by atoms with Crippen LogP contribution in [0, 0.1) is 5.92 Å². The third kappa shape index (κ3) is 2.60. The summed E-state index contributed by atoms with van der Waals surface area (Å²) in [5, 5.41) is 3.53. The van der Waals surface area contributed by atoms with Crippen molar-refractivity contribution >= 4 is 27.5 Å². The maximum atomic E-state index is 11.9. The lowest BCUT2D eigenvalue weighted by molar-refractivity contribution is -0.117. The second kappa shape index (κ2) is 5.21. The number of hydrogen-bond donors (Lipinski definition) is 0. The van der Waals surface area contributed by atoms with Gasteiger partial charge in [-0.25, -0.2) is 0 Å². The Balaban J connectivity index is 2.16. The first-order chi connectivity index (χ1) is 8.22. The lowest BCUT2D eigenvalue weighted by atomic mass is 10.1. The van der Waals surface area contributed by atoms with Crippen LogP contribution < -0.4 is 4.90 Å². The molecule has 1 amide bonds. The zero-order valence-corrected chi connectivity index (χ0v) is 10.7. The molecule has 0 bridgehead atoms. The number of para-hydroxylation sites is 1. The molecule has 1 aliphatic rings. The van der Waals surface area contributed by atoms with Crippen LogP contribution in [-0.4, -0.2) is 19.0 Å². The molecule has 0 saturated carbocycles. The first kappa shape index (κ1) is 12.0. The maximum absolute atomic E-state index is 11.9. The van der Waals surface area contributed by atoms with Gasteiger partial charge in [-0.15, -0.1) is 0 Å². The van der Waals surface area contributed by atoms with Gasteiger partial charge in [-0.2, -0.15) is 0 Å². The molecule has 6 heteroatoms. The number of hydrogen-bond acceptors (Lipinski definition) is 2. The third-order valence-electron chi connectivity index (χ3n) is 2.75. The molecule has 1 unspecified atom stereocenters. The highest BCUT2D eigenvalue weighted by atomic mass is 79.9. The minimum Gasteiger partial charge on any atom is -0.311 e. The number of carbonyl (C=O) groups is 1. The molecule has 2 rings (SSSR count). The number of carbonyl (C=O) groups excluding carboxylic acids is 1. The fourth-order valence-corrected chi connectivity index (χ4v) is 2.46. The minimum absolute atomic E-state index is 0.0787. The van der Waals surface area contributed by atoms with Gasteiger partial charge in [0.05, 0.1) is 5.69 Å². The summed E-state index contributed by atoms with van der Waals surface area (Å²) in [6, 6.07) is 7.61. The van der Waals surface area contributed by atoms with Crippen LogP contribution >= 0.6 is 15.9 Å². The molecule has 1 atom stereocenters. The van der Waals surface area contributed by atoms with Crippen molar-refractivity contribution in [2.24, 2.45) is 11.0 Å². The first-order valence-electron chi connectivity index (χ1n) is 5.28. The van der Waals surface area contributed by atoms with Gasteiger partial charge in [-0.3, -0.25) is 4.79 Å². The van der Waals surface area contributed by atoms with Gasteiger partial charge in [0.1, 0.15) is 0 Å². The van der Waals surface area contributed by atoms with Crippen molar-refractivity contribution in [1.29, 1.82) is 0 Å². The van der Waals surface area contributed by atoms with Gasteiger partial charge in [0.2, 0.25) is 5.91 Å². The molecule has 1 saturated heterocycles. The van der Waals surface area contributed by atoms with Crippen LogP contribution in [0.15, 0.2) is 33.9 Å². The molecule has 0 aliphatic carbocycles. The molecule has 1 fully saturated rings. The number of azide groups is 1. The zero-order chi connectivity index (χ0) is 12.3. The van der Waals surface area contributed by atoms with Gasteiger partial charge < -0.3 is 4.90 Å². The predicted octanol–water partition coefficient (Wildman–Crippen LogP) is 3.11. The van der Waals surface area contributed by atoms with Gasteiger partial charge in [0.25, 0.3) is 0 Å². The van der Waals surface area contributed by atoms with Crippen LogP contribution in [0.3, 0.4) is 0 Å². The van der Waals surface area contributed by atoms with Crippen molar-refractivity contribution in [2.75, 3.05) is 18.0 Å².